The summed E-state index contributed by atoms with van der Waals surface area (Å²) in [4.78, 5) is 16.6. The van der Waals surface area contributed by atoms with Gasteiger partial charge in [-0.25, -0.2) is 4.39 Å². The van der Waals surface area contributed by atoms with E-state index in [-0.39, 0.29) is 23.3 Å². The van der Waals surface area contributed by atoms with Gasteiger partial charge in [0.1, 0.15) is 11.6 Å². The SMILES string of the molecule is CCC1CN(C)CCCN1C(=O)c1ccc(F)cc1O. The molecule has 20 heavy (non-hydrogen) atoms. The van der Waals surface area contributed by atoms with Crippen LogP contribution in [0.2, 0.25) is 0 Å². The fourth-order valence-corrected chi connectivity index (χ4v) is 2.70. The molecule has 1 aromatic rings. The van der Waals surface area contributed by atoms with Crippen LogP contribution < -0.4 is 0 Å². The first-order valence-corrected chi connectivity index (χ1v) is 7.01. The number of carbonyl (C=O) groups is 1. The number of nitrogens with zero attached hydrogens (tertiary/aromatic N) is 2. The fraction of sp³-hybridized carbons (Fsp3) is 0.533. The summed E-state index contributed by atoms with van der Waals surface area (Å²) in [6, 6.07) is 3.67. The molecule has 0 aliphatic carbocycles. The van der Waals surface area contributed by atoms with E-state index >= 15 is 0 Å². The summed E-state index contributed by atoms with van der Waals surface area (Å²) < 4.78 is 13.0. The molecule has 1 unspecified atom stereocenters. The number of phenols is 1. The Kier molecular flexibility index (Phi) is 4.60. The number of phenolic OH excluding ortho intramolecular Hbond substituents is 1. The first kappa shape index (κ1) is 14.8. The Morgan fingerprint density at radius 2 is 2.20 bits per heavy atom. The number of halogens is 1. The Labute approximate surface area is 118 Å². The first-order chi connectivity index (χ1) is 9.52. The van der Waals surface area contributed by atoms with Crippen molar-refractivity contribution in [3.05, 3.63) is 29.6 Å². The number of aromatic hydroxyl groups is 1. The van der Waals surface area contributed by atoms with Crippen LogP contribution in [0.4, 0.5) is 4.39 Å². The Morgan fingerprint density at radius 1 is 1.45 bits per heavy atom. The lowest BCUT2D eigenvalue weighted by Gasteiger charge is -2.30. The van der Waals surface area contributed by atoms with Gasteiger partial charge in [0.05, 0.1) is 5.56 Å². The van der Waals surface area contributed by atoms with Gasteiger partial charge in [-0.2, -0.15) is 0 Å². The summed E-state index contributed by atoms with van der Waals surface area (Å²) in [5, 5.41) is 9.78. The number of benzene rings is 1. The third-order valence-electron chi connectivity index (χ3n) is 3.82. The predicted molar refractivity (Wildman–Crippen MR) is 75.3 cm³/mol. The van der Waals surface area contributed by atoms with Crippen molar-refractivity contribution in [2.24, 2.45) is 0 Å². The van der Waals surface area contributed by atoms with Crippen molar-refractivity contribution in [1.82, 2.24) is 9.80 Å². The van der Waals surface area contributed by atoms with Crippen LogP contribution in [0, 0.1) is 5.82 Å². The average Bonchev–Trinajstić information content (AvgIpc) is 2.59. The first-order valence-electron chi connectivity index (χ1n) is 7.01. The van der Waals surface area contributed by atoms with E-state index in [1.165, 1.54) is 12.1 Å². The van der Waals surface area contributed by atoms with Gasteiger partial charge in [0.2, 0.25) is 0 Å². The summed E-state index contributed by atoms with van der Waals surface area (Å²) in [7, 11) is 2.05. The highest BCUT2D eigenvalue weighted by molar-refractivity contribution is 5.97. The molecule has 1 aromatic carbocycles. The summed E-state index contributed by atoms with van der Waals surface area (Å²) in [6.45, 7) is 4.49. The summed E-state index contributed by atoms with van der Waals surface area (Å²) in [5.74, 6) is -1.05. The number of carbonyl (C=O) groups excluding carboxylic acids is 1. The molecule has 2 rings (SSSR count). The average molecular weight is 280 g/mol. The molecular weight excluding hydrogens is 259 g/mol. The van der Waals surface area contributed by atoms with Crippen LogP contribution in [0.1, 0.15) is 30.1 Å². The minimum Gasteiger partial charge on any atom is -0.507 e. The maximum atomic E-state index is 13.0. The molecule has 5 heteroatoms. The van der Waals surface area contributed by atoms with Crippen molar-refractivity contribution < 1.29 is 14.3 Å². The quantitative estimate of drug-likeness (QED) is 0.902. The van der Waals surface area contributed by atoms with E-state index in [9.17, 15) is 14.3 Å². The fourth-order valence-electron chi connectivity index (χ4n) is 2.70. The van der Waals surface area contributed by atoms with Gasteiger partial charge in [-0.05, 0) is 38.6 Å². The number of rotatable bonds is 2. The van der Waals surface area contributed by atoms with Gasteiger partial charge in [-0.3, -0.25) is 4.79 Å². The zero-order valence-electron chi connectivity index (χ0n) is 12.0. The molecule has 1 aliphatic heterocycles. The van der Waals surface area contributed by atoms with E-state index in [0.717, 1.165) is 32.0 Å². The predicted octanol–water partition coefficient (Wildman–Crippen LogP) is 2.09. The number of amides is 1. The van der Waals surface area contributed by atoms with Crippen LogP contribution in [0.25, 0.3) is 0 Å². The second-order valence-electron chi connectivity index (χ2n) is 5.34. The van der Waals surface area contributed by atoms with Gasteiger partial charge in [-0.15, -0.1) is 0 Å². The molecule has 1 saturated heterocycles. The van der Waals surface area contributed by atoms with E-state index in [1.54, 1.807) is 4.90 Å². The van der Waals surface area contributed by atoms with Gasteiger partial charge in [0.15, 0.2) is 0 Å². The van der Waals surface area contributed by atoms with Crippen LogP contribution in [-0.4, -0.2) is 53.5 Å². The van der Waals surface area contributed by atoms with Crippen LogP contribution in [0.3, 0.4) is 0 Å². The Morgan fingerprint density at radius 3 is 2.85 bits per heavy atom. The smallest absolute Gasteiger partial charge is 0.257 e. The minimum absolute atomic E-state index is 0.124. The Hall–Kier alpha value is -1.62. The van der Waals surface area contributed by atoms with Crippen molar-refractivity contribution in [2.75, 3.05) is 26.7 Å². The van der Waals surface area contributed by atoms with Crippen molar-refractivity contribution in [3.8, 4) is 5.75 Å². The molecule has 0 saturated carbocycles. The van der Waals surface area contributed by atoms with Gasteiger partial charge in [0, 0.05) is 25.2 Å². The molecule has 0 radical (unpaired) electrons. The van der Waals surface area contributed by atoms with Gasteiger partial charge in [-0.1, -0.05) is 6.92 Å². The molecule has 4 nitrogen and oxygen atoms in total. The second-order valence-corrected chi connectivity index (χ2v) is 5.34. The molecule has 110 valence electrons. The normalized spacial score (nSPS) is 20.8. The maximum Gasteiger partial charge on any atom is 0.257 e. The second kappa shape index (κ2) is 6.22. The van der Waals surface area contributed by atoms with E-state index in [0.29, 0.717) is 6.54 Å². The Balaban J connectivity index is 2.25. The van der Waals surface area contributed by atoms with Gasteiger partial charge < -0.3 is 14.9 Å². The standard InChI is InChI=1S/C15H21FN2O2/c1-3-12-10-17(2)7-4-8-18(12)15(20)13-6-5-11(16)9-14(13)19/h5-6,9,12,19H,3-4,7-8,10H2,1-2H3. The van der Waals surface area contributed by atoms with E-state index < -0.39 is 5.82 Å². The lowest BCUT2D eigenvalue weighted by Crippen LogP contribution is -2.43. The molecule has 0 aromatic heterocycles. The third kappa shape index (κ3) is 3.10. The van der Waals surface area contributed by atoms with Crippen LogP contribution >= 0.6 is 0 Å². The molecule has 1 N–H and O–H groups in total. The Bertz CT molecular complexity index is 493. The minimum atomic E-state index is -0.540. The molecule has 0 spiro atoms. The van der Waals surface area contributed by atoms with Crippen molar-refractivity contribution in [3.63, 3.8) is 0 Å². The number of hydrogen-bond donors (Lipinski definition) is 1. The van der Waals surface area contributed by atoms with Gasteiger partial charge >= 0.3 is 0 Å². The maximum absolute atomic E-state index is 13.0. The monoisotopic (exact) mass is 280 g/mol. The summed E-state index contributed by atoms with van der Waals surface area (Å²) in [6.07, 6.45) is 1.76. The van der Waals surface area contributed by atoms with Crippen molar-refractivity contribution in [2.45, 2.75) is 25.8 Å². The van der Waals surface area contributed by atoms with Crippen LogP contribution in [0.5, 0.6) is 5.75 Å². The van der Waals surface area contributed by atoms with E-state index in [1.807, 2.05) is 7.05 Å². The highest BCUT2D eigenvalue weighted by Crippen LogP contribution is 2.23. The van der Waals surface area contributed by atoms with E-state index in [2.05, 4.69) is 11.8 Å². The largest absolute Gasteiger partial charge is 0.507 e. The molecule has 1 heterocycles. The highest BCUT2D eigenvalue weighted by Gasteiger charge is 2.28. The molecule has 1 amide bonds. The van der Waals surface area contributed by atoms with Crippen LogP contribution in [-0.2, 0) is 0 Å². The zero-order valence-corrected chi connectivity index (χ0v) is 12.0. The van der Waals surface area contributed by atoms with E-state index in [4.69, 9.17) is 0 Å². The molecular formula is C15H21FN2O2. The summed E-state index contributed by atoms with van der Waals surface area (Å²) >= 11 is 0. The number of hydrogen-bond acceptors (Lipinski definition) is 3. The topological polar surface area (TPSA) is 43.8 Å². The zero-order chi connectivity index (χ0) is 14.7. The highest BCUT2D eigenvalue weighted by atomic mass is 19.1. The molecule has 1 atom stereocenters. The third-order valence-corrected chi connectivity index (χ3v) is 3.82. The molecule has 1 aliphatic rings. The van der Waals surface area contributed by atoms with Crippen molar-refractivity contribution >= 4 is 5.91 Å². The lowest BCUT2D eigenvalue weighted by atomic mass is 10.1. The number of likely N-dealkylation sites (N-methyl/N-ethyl adjacent to an activating group) is 1. The lowest BCUT2D eigenvalue weighted by molar-refractivity contribution is 0.0672. The van der Waals surface area contributed by atoms with Crippen LogP contribution in [0.15, 0.2) is 18.2 Å². The van der Waals surface area contributed by atoms with Crippen molar-refractivity contribution in [1.29, 1.82) is 0 Å². The molecule has 0 bridgehead atoms. The molecule has 1 fully saturated rings. The summed E-state index contributed by atoms with van der Waals surface area (Å²) in [5.41, 5.74) is 0.175. The van der Waals surface area contributed by atoms with Gasteiger partial charge in [0.25, 0.3) is 5.91 Å².